The molecule has 2 N–H and O–H groups in total. The van der Waals surface area contributed by atoms with Crippen molar-refractivity contribution < 1.29 is 14.8 Å². The van der Waals surface area contributed by atoms with Crippen molar-refractivity contribution >= 4 is 28.2 Å². The molecule has 0 spiro atoms. The summed E-state index contributed by atoms with van der Waals surface area (Å²) >= 11 is 1.49. The molecule has 0 bridgehead atoms. The molecule has 6 heteroatoms. The van der Waals surface area contributed by atoms with Crippen molar-refractivity contribution in [3.63, 3.8) is 0 Å². The Hall–Kier alpha value is -0.555. The third-order valence-electron chi connectivity index (χ3n) is 3.59. The Morgan fingerprint density at radius 3 is 2.37 bits per heavy atom. The van der Waals surface area contributed by atoms with E-state index in [0.29, 0.717) is 0 Å². The van der Waals surface area contributed by atoms with Gasteiger partial charge in [0.05, 0.1) is 16.2 Å². The summed E-state index contributed by atoms with van der Waals surface area (Å²) in [6, 6.07) is 3.82. The smallest absolute Gasteiger partial charge is 0.423 e. The summed E-state index contributed by atoms with van der Waals surface area (Å²) in [5.41, 5.74) is -1.87. The summed E-state index contributed by atoms with van der Waals surface area (Å²) in [6.45, 7) is 9.86. The monoisotopic (exact) mass is 285 g/mol. The number of anilines is 1. The van der Waals surface area contributed by atoms with E-state index in [1.165, 1.54) is 11.3 Å². The van der Waals surface area contributed by atoms with Crippen LogP contribution in [0, 0.1) is 0 Å². The third kappa shape index (κ3) is 3.95. The molecule has 0 saturated carbocycles. The SMILES string of the molecule is CCN(C)c1ccc(B(O)OC(C)(C)C(C)(C)O)s1. The zero-order valence-corrected chi connectivity index (χ0v) is 13.4. The standard InChI is InChI=1S/C13H24BNO3S/c1-7-15(6)11-9-8-10(19-11)14(17)18-13(4,5)12(2,3)16/h8-9,16-17H,7H2,1-6H3. The summed E-state index contributed by atoms with van der Waals surface area (Å²) in [6.07, 6.45) is 0. The number of thiophene rings is 1. The van der Waals surface area contributed by atoms with E-state index in [1.54, 1.807) is 27.7 Å². The van der Waals surface area contributed by atoms with Gasteiger partial charge in [0, 0.05) is 18.4 Å². The molecule has 19 heavy (non-hydrogen) atoms. The fourth-order valence-corrected chi connectivity index (χ4v) is 2.26. The van der Waals surface area contributed by atoms with Gasteiger partial charge in [-0.3, -0.25) is 0 Å². The lowest BCUT2D eigenvalue weighted by atomic mass is 9.82. The van der Waals surface area contributed by atoms with Gasteiger partial charge < -0.3 is 19.7 Å². The van der Waals surface area contributed by atoms with Gasteiger partial charge in [0.1, 0.15) is 0 Å². The topological polar surface area (TPSA) is 52.9 Å². The summed E-state index contributed by atoms with van der Waals surface area (Å²) < 4.78 is 6.36. The van der Waals surface area contributed by atoms with Crippen molar-refractivity contribution in [2.45, 2.75) is 45.8 Å². The molecule has 0 aliphatic carbocycles. The van der Waals surface area contributed by atoms with E-state index >= 15 is 0 Å². The van der Waals surface area contributed by atoms with E-state index in [4.69, 9.17) is 4.65 Å². The lowest BCUT2D eigenvalue weighted by Gasteiger charge is -2.38. The van der Waals surface area contributed by atoms with Crippen molar-refractivity contribution in [3.05, 3.63) is 12.1 Å². The highest BCUT2D eigenvalue weighted by atomic mass is 32.1. The van der Waals surface area contributed by atoms with Crippen LogP contribution in [-0.4, -0.2) is 42.0 Å². The van der Waals surface area contributed by atoms with Crippen LogP contribution < -0.4 is 9.68 Å². The fourth-order valence-electron chi connectivity index (χ4n) is 1.32. The van der Waals surface area contributed by atoms with E-state index in [-0.39, 0.29) is 0 Å². The van der Waals surface area contributed by atoms with Crippen molar-refractivity contribution in [1.29, 1.82) is 0 Å². The quantitative estimate of drug-likeness (QED) is 0.777. The van der Waals surface area contributed by atoms with E-state index in [0.717, 1.165) is 16.3 Å². The van der Waals surface area contributed by atoms with Gasteiger partial charge in [-0.05, 0) is 46.8 Å². The molecule has 0 aliphatic heterocycles. The lowest BCUT2D eigenvalue weighted by molar-refractivity contribution is -0.0981. The predicted molar refractivity (Wildman–Crippen MR) is 82.3 cm³/mol. The maximum Gasteiger partial charge on any atom is 0.502 e. The summed E-state index contributed by atoms with van der Waals surface area (Å²) in [7, 11) is 0.981. The molecule has 0 aliphatic rings. The Balaban J connectivity index is 2.79. The Kier molecular flexibility index (Phi) is 5.06. The summed E-state index contributed by atoms with van der Waals surface area (Å²) in [5.74, 6) is 0. The van der Waals surface area contributed by atoms with Gasteiger partial charge in [-0.25, -0.2) is 0 Å². The number of nitrogens with zero attached hydrogens (tertiary/aromatic N) is 1. The highest BCUT2D eigenvalue weighted by Crippen LogP contribution is 2.26. The first kappa shape index (κ1) is 16.5. The van der Waals surface area contributed by atoms with Gasteiger partial charge in [-0.1, -0.05) is 0 Å². The van der Waals surface area contributed by atoms with Gasteiger partial charge in [-0.2, -0.15) is 0 Å². The van der Waals surface area contributed by atoms with Crippen LogP contribution in [0.25, 0.3) is 0 Å². The van der Waals surface area contributed by atoms with Gasteiger partial charge in [0.2, 0.25) is 0 Å². The number of hydrogen-bond donors (Lipinski definition) is 2. The Morgan fingerprint density at radius 1 is 1.32 bits per heavy atom. The fraction of sp³-hybridized carbons (Fsp3) is 0.692. The maximum absolute atomic E-state index is 10.1. The molecule has 1 aromatic heterocycles. The molecule has 0 saturated heterocycles. The third-order valence-corrected chi connectivity index (χ3v) is 4.82. The minimum Gasteiger partial charge on any atom is -0.423 e. The van der Waals surface area contributed by atoms with E-state index < -0.39 is 18.3 Å². The van der Waals surface area contributed by atoms with Crippen LogP contribution in [0.1, 0.15) is 34.6 Å². The molecule has 0 atom stereocenters. The first-order valence-electron chi connectivity index (χ1n) is 6.47. The van der Waals surface area contributed by atoms with Crippen molar-refractivity contribution in [1.82, 2.24) is 0 Å². The van der Waals surface area contributed by atoms with E-state index in [1.807, 2.05) is 19.2 Å². The number of aliphatic hydroxyl groups is 1. The van der Waals surface area contributed by atoms with Crippen LogP contribution in [0.4, 0.5) is 5.00 Å². The Bertz CT molecular complexity index is 414. The van der Waals surface area contributed by atoms with Crippen LogP contribution in [0.3, 0.4) is 0 Å². The molecule has 0 unspecified atom stereocenters. The normalized spacial score (nSPS) is 12.6. The second-order valence-electron chi connectivity index (χ2n) is 5.73. The van der Waals surface area contributed by atoms with Crippen LogP contribution >= 0.6 is 11.3 Å². The second-order valence-corrected chi connectivity index (χ2v) is 6.82. The minimum absolute atomic E-state index is 0.743. The highest BCUT2D eigenvalue weighted by Gasteiger charge is 2.39. The molecule has 0 fully saturated rings. The van der Waals surface area contributed by atoms with Crippen molar-refractivity contribution in [2.24, 2.45) is 0 Å². The molecule has 0 amide bonds. The van der Waals surface area contributed by atoms with Crippen LogP contribution in [0.2, 0.25) is 0 Å². The molecule has 0 aromatic carbocycles. The zero-order chi connectivity index (χ0) is 14.8. The number of hydrogen-bond acceptors (Lipinski definition) is 5. The Morgan fingerprint density at radius 2 is 1.89 bits per heavy atom. The molecule has 0 radical (unpaired) electrons. The van der Waals surface area contributed by atoms with Crippen LogP contribution in [-0.2, 0) is 4.65 Å². The average Bonchev–Trinajstić information content (AvgIpc) is 2.75. The molecule has 1 heterocycles. The van der Waals surface area contributed by atoms with Gasteiger partial charge in [-0.15, -0.1) is 11.3 Å². The van der Waals surface area contributed by atoms with Gasteiger partial charge in [0.15, 0.2) is 0 Å². The summed E-state index contributed by atoms with van der Waals surface area (Å²) in [4.78, 5) is 2.10. The van der Waals surface area contributed by atoms with Crippen LogP contribution in [0.5, 0.6) is 0 Å². The molecular formula is C13H24BNO3S. The van der Waals surface area contributed by atoms with Crippen LogP contribution in [0.15, 0.2) is 12.1 Å². The highest BCUT2D eigenvalue weighted by molar-refractivity contribution is 7.25. The van der Waals surface area contributed by atoms with Gasteiger partial charge >= 0.3 is 7.12 Å². The maximum atomic E-state index is 10.1. The van der Waals surface area contributed by atoms with E-state index in [2.05, 4.69) is 11.8 Å². The zero-order valence-electron chi connectivity index (χ0n) is 12.6. The van der Waals surface area contributed by atoms with Gasteiger partial charge in [0.25, 0.3) is 0 Å². The molecule has 4 nitrogen and oxygen atoms in total. The van der Waals surface area contributed by atoms with E-state index in [9.17, 15) is 10.1 Å². The minimum atomic E-state index is -1.03. The first-order valence-corrected chi connectivity index (χ1v) is 7.29. The molecule has 108 valence electrons. The predicted octanol–water partition coefficient (Wildman–Crippen LogP) is 1.46. The van der Waals surface area contributed by atoms with Crippen molar-refractivity contribution in [3.8, 4) is 0 Å². The Labute approximate surface area is 120 Å². The molecule has 1 aromatic rings. The largest absolute Gasteiger partial charge is 0.502 e. The summed E-state index contributed by atoms with van der Waals surface area (Å²) in [5, 5.41) is 21.3. The number of rotatable bonds is 6. The van der Waals surface area contributed by atoms with Crippen molar-refractivity contribution in [2.75, 3.05) is 18.5 Å². The second kappa shape index (κ2) is 5.83. The average molecular weight is 285 g/mol. The first-order chi connectivity index (χ1) is 8.58. The molecular weight excluding hydrogens is 261 g/mol. The molecule has 1 rings (SSSR count). The lowest BCUT2D eigenvalue weighted by Crippen LogP contribution is -2.52.